The summed E-state index contributed by atoms with van der Waals surface area (Å²) in [5, 5.41) is 9.69. The minimum absolute atomic E-state index is 0.0927. The minimum atomic E-state index is -0.909. The molecule has 1 atom stereocenters. The van der Waals surface area contributed by atoms with Gasteiger partial charge in [-0.3, -0.25) is 4.79 Å². The highest BCUT2D eigenvalue weighted by molar-refractivity contribution is 6.30. The summed E-state index contributed by atoms with van der Waals surface area (Å²) in [6, 6.07) is 6.73. The number of hydrogen-bond donors (Lipinski definition) is 1. The van der Waals surface area contributed by atoms with Gasteiger partial charge in [0.1, 0.15) is 6.04 Å². The van der Waals surface area contributed by atoms with Gasteiger partial charge in [0.25, 0.3) is 0 Å². The molecule has 19 heavy (non-hydrogen) atoms. The van der Waals surface area contributed by atoms with Gasteiger partial charge in [-0.2, -0.15) is 0 Å². The van der Waals surface area contributed by atoms with Crippen molar-refractivity contribution in [2.75, 3.05) is 6.54 Å². The van der Waals surface area contributed by atoms with E-state index in [1.54, 1.807) is 6.07 Å². The highest BCUT2D eigenvalue weighted by atomic mass is 35.5. The SMILES string of the molecule is O=C(O)[C@H]1CCCN1C(=O)CCc1cccc(Cl)c1. The topological polar surface area (TPSA) is 57.6 Å². The lowest BCUT2D eigenvalue weighted by Crippen LogP contribution is -2.40. The first-order valence-electron chi connectivity index (χ1n) is 6.34. The number of amides is 1. The Bertz CT molecular complexity index is 489. The molecule has 1 N–H and O–H groups in total. The number of carboxylic acid groups (broad SMARTS) is 1. The average Bonchev–Trinajstić information content (AvgIpc) is 2.85. The molecule has 0 radical (unpaired) electrons. The molecule has 0 spiro atoms. The zero-order valence-electron chi connectivity index (χ0n) is 10.5. The number of carboxylic acids is 1. The van der Waals surface area contributed by atoms with Crippen molar-refractivity contribution in [1.29, 1.82) is 0 Å². The predicted molar refractivity (Wildman–Crippen MR) is 72.1 cm³/mol. The summed E-state index contributed by atoms with van der Waals surface area (Å²) >= 11 is 5.88. The van der Waals surface area contributed by atoms with Gasteiger partial charge in [-0.1, -0.05) is 23.7 Å². The van der Waals surface area contributed by atoms with Gasteiger partial charge in [-0.05, 0) is 37.0 Å². The smallest absolute Gasteiger partial charge is 0.326 e. The fraction of sp³-hybridized carbons (Fsp3) is 0.429. The number of benzene rings is 1. The first kappa shape index (κ1) is 13.9. The monoisotopic (exact) mass is 281 g/mol. The molecule has 1 heterocycles. The van der Waals surface area contributed by atoms with Gasteiger partial charge in [0.05, 0.1) is 0 Å². The Morgan fingerprint density at radius 2 is 2.21 bits per heavy atom. The van der Waals surface area contributed by atoms with Gasteiger partial charge in [0.15, 0.2) is 0 Å². The molecule has 2 rings (SSSR count). The third-order valence-corrected chi connectivity index (χ3v) is 3.61. The number of rotatable bonds is 4. The molecule has 102 valence electrons. The molecule has 0 bridgehead atoms. The number of halogens is 1. The van der Waals surface area contributed by atoms with Gasteiger partial charge >= 0.3 is 5.97 Å². The number of aliphatic carboxylic acids is 1. The van der Waals surface area contributed by atoms with Crippen LogP contribution in [0.2, 0.25) is 5.02 Å². The van der Waals surface area contributed by atoms with E-state index in [1.165, 1.54) is 4.90 Å². The van der Waals surface area contributed by atoms with Crippen molar-refractivity contribution in [2.45, 2.75) is 31.7 Å². The van der Waals surface area contributed by atoms with E-state index >= 15 is 0 Å². The van der Waals surface area contributed by atoms with Crippen LogP contribution in [-0.2, 0) is 16.0 Å². The molecule has 0 aliphatic carbocycles. The Morgan fingerprint density at radius 1 is 1.42 bits per heavy atom. The molecular formula is C14H16ClNO3. The standard InChI is InChI=1S/C14H16ClNO3/c15-11-4-1-3-10(9-11)6-7-13(17)16-8-2-5-12(16)14(18)19/h1,3-4,9,12H,2,5-8H2,(H,18,19)/t12-/m1/s1. The van der Waals surface area contributed by atoms with E-state index in [1.807, 2.05) is 18.2 Å². The largest absolute Gasteiger partial charge is 0.480 e. The fourth-order valence-corrected chi connectivity index (χ4v) is 2.62. The van der Waals surface area contributed by atoms with E-state index < -0.39 is 12.0 Å². The summed E-state index contributed by atoms with van der Waals surface area (Å²) in [6.07, 6.45) is 2.23. The molecule has 1 aromatic carbocycles. The third-order valence-electron chi connectivity index (χ3n) is 3.37. The molecule has 0 unspecified atom stereocenters. The molecule has 1 aromatic rings. The second-order valence-corrected chi connectivity index (χ2v) is 5.15. The summed E-state index contributed by atoms with van der Waals surface area (Å²) in [5.74, 6) is -1.00. The Hall–Kier alpha value is -1.55. The van der Waals surface area contributed by atoms with E-state index in [0.29, 0.717) is 30.8 Å². The Kier molecular flexibility index (Phi) is 4.43. The van der Waals surface area contributed by atoms with Crippen LogP contribution in [0.4, 0.5) is 0 Å². The van der Waals surface area contributed by atoms with Crippen LogP contribution >= 0.6 is 11.6 Å². The number of carbonyl (C=O) groups excluding carboxylic acids is 1. The maximum atomic E-state index is 12.0. The van der Waals surface area contributed by atoms with E-state index in [9.17, 15) is 9.59 Å². The van der Waals surface area contributed by atoms with Gasteiger partial charge in [-0.15, -0.1) is 0 Å². The lowest BCUT2D eigenvalue weighted by Gasteiger charge is -2.21. The highest BCUT2D eigenvalue weighted by Crippen LogP contribution is 2.19. The number of nitrogens with zero attached hydrogens (tertiary/aromatic N) is 1. The zero-order valence-corrected chi connectivity index (χ0v) is 11.3. The van der Waals surface area contributed by atoms with E-state index in [2.05, 4.69) is 0 Å². The van der Waals surface area contributed by atoms with Gasteiger partial charge < -0.3 is 10.0 Å². The second-order valence-electron chi connectivity index (χ2n) is 4.71. The molecule has 5 heteroatoms. The van der Waals surface area contributed by atoms with Crippen molar-refractivity contribution in [3.05, 3.63) is 34.9 Å². The van der Waals surface area contributed by atoms with Gasteiger partial charge in [-0.25, -0.2) is 4.79 Å². The van der Waals surface area contributed by atoms with Crippen molar-refractivity contribution in [3.63, 3.8) is 0 Å². The van der Waals surface area contributed by atoms with Gasteiger partial charge in [0, 0.05) is 18.0 Å². The molecule has 1 amide bonds. The van der Waals surface area contributed by atoms with Crippen molar-refractivity contribution >= 4 is 23.5 Å². The maximum Gasteiger partial charge on any atom is 0.326 e. The molecule has 0 aromatic heterocycles. The first-order valence-corrected chi connectivity index (χ1v) is 6.72. The van der Waals surface area contributed by atoms with E-state index in [-0.39, 0.29) is 5.91 Å². The zero-order chi connectivity index (χ0) is 13.8. The van der Waals surface area contributed by atoms with Crippen LogP contribution in [0, 0.1) is 0 Å². The Morgan fingerprint density at radius 3 is 2.89 bits per heavy atom. The molecule has 0 saturated carbocycles. The average molecular weight is 282 g/mol. The summed E-state index contributed by atoms with van der Waals surface area (Å²) in [6.45, 7) is 0.547. The minimum Gasteiger partial charge on any atom is -0.480 e. The maximum absolute atomic E-state index is 12.0. The van der Waals surface area contributed by atoms with Crippen LogP contribution in [0.25, 0.3) is 0 Å². The summed E-state index contributed by atoms with van der Waals surface area (Å²) in [5.41, 5.74) is 0.993. The molecule has 1 saturated heterocycles. The van der Waals surface area contributed by atoms with Gasteiger partial charge in [0.2, 0.25) is 5.91 Å². The van der Waals surface area contributed by atoms with Crippen LogP contribution in [-0.4, -0.2) is 34.5 Å². The number of carbonyl (C=O) groups is 2. The number of aryl methyl sites for hydroxylation is 1. The molecule has 1 fully saturated rings. The normalized spacial score (nSPS) is 18.6. The molecule has 4 nitrogen and oxygen atoms in total. The van der Waals surface area contributed by atoms with Crippen LogP contribution in [0.3, 0.4) is 0 Å². The lowest BCUT2D eigenvalue weighted by molar-refractivity contribution is -0.148. The van der Waals surface area contributed by atoms with E-state index in [0.717, 1.165) is 12.0 Å². The number of hydrogen-bond acceptors (Lipinski definition) is 2. The van der Waals surface area contributed by atoms with Crippen LogP contribution in [0.5, 0.6) is 0 Å². The Labute approximate surface area is 117 Å². The summed E-state index contributed by atoms with van der Waals surface area (Å²) in [4.78, 5) is 24.6. The van der Waals surface area contributed by atoms with Crippen LogP contribution in [0.15, 0.2) is 24.3 Å². The van der Waals surface area contributed by atoms with E-state index in [4.69, 9.17) is 16.7 Å². The van der Waals surface area contributed by atoms with Crippen LogP contribution < -0.4 is 0 Å². The molecule has 1 aliphatic rings. The first-order chi connectivity index (χ1) is 9.08. The van der Waals surface area contributed by atoms with Crippen LogP contribution in [0.1, 0.15) is 24.8 Å². The van der Waals surface area contributed by atoms with Crippen molar-refractivity contribution in [1.82, 2.24) is 4.90 Å². The summed E-state index contributed by atoms with van der Waals surface area (Å²) < 4.78 is 0. The molecular weight excluding hydrogens is 266 g/mol. The van der Waals surface area contributed by atoms with Crippen molar-refractivity contribution < 1.29 is 14.7 Å². The quantitative estimate of drug-likeness (QED) is 0.922. The summed E-state index contributed by atoms with van der Waals surface area (Å²) in [7, 11) is 0. The second kappa shape index (κ2) is 6.06. The molecule has 1 aliphatic heterocycles. The lowest BCUT2D eigenvalue weighted by atomic mass is 10.1. The van der Waals surface area contributed by atoms with Crippen molar-refractivity contribution in [3.8, 4) is 0 Å². The number of likely N-dealkylation sites (tertiary alicyclic amines) is 1. The third kappa shape index (κ3) is 3.47. The van der Waals surface area contributed by atoms with Crippen molar-refractivity contribution in [2.24, 2.45) is 0 Å². The highest BCUT2D eigenvalue weighted by Gasteiger charge is 2.33. The Balaban J connectivity index is 1.92. The predicted octanol–water partition coefficient (Wildman–Crippen LogP) is 2.35. The fourth-order valence-electron chi connectivity index (χ4n) is 2.41.